The molecule has 0 amide bonds. The number of benzene rings is 1. The number of ether oxygens (including phenoxy) is 2. The normalized spacial score (nSPS) is 12.2. The molecule has 0 heterocycles. The summed E-state index contributed by atoms with van der Waals surface area (Å²) in [5.41, 5.74) is 1.15. The summed E-state index contributed by atoms with van der Waals surface area (Å²) in [7, 11) is 5.23. The topological polar surface area (TPSA) is 30.5 Å². The molecule has 1 rings (SSSR count). The van der Waals surface area contributed by atoms with Crippen molar-refractivity contribution in [3.05, 3.63) is 22.7 Å². The average Bonchev–Trinajstić information content (AvgIpc) is 2.50. The number of hydrogen-bond donors (Lipinski definition) is 1. The van der Waals surface area contributed by atoms with Gasteiger partial charge in [0.1, 0.15) is 0 Å². The summed E-state index contributed by atoms with van der Waals surface area (Å²) in [6.07, 6.45) is 7.53. The molecular weight excluding hydrogens is 286 g/mol. The van der Waals surface area contributed by atoms with Gasteiger partial charge in [0.2, 0.25) is 0 Å². The molecule has 0 saturated heterocycles. The Labute approximate surface area is 134 Å². The van der Waals surface area contributed by atoms with E-state index in [0.717, 1.165) is 12.0 Å². The van der Waals surface area contributed by atoms with Gasteiger partial charge in [-0.25, -0.2) is 0 Å². The Morgan fingerprint density at radius 1 is 1.10 bits per heavy atom. The van der Waals surface area contributed by atoms with E-state index in [9.17, 15) is 0 Å². The molecule has 1 unspecified atom stereocenters. The molecular formula is C17H28ClNO2. The molecule has 0 aromatic heterocycles. The van der Waals surface area contributed by atoms with E-state index in [1.54, 1.807) is 14.2 Å². The predicted molar refractivity (Wildman–Crippen MR) is 89.7 cm³/mol. The van der Waals surface area contributed by atoms with Crippen LogP contribution in [-0.2, 0) is 0 Å². The highest BCUT2D eigenvalue weighted by molar-refractivity contribution is 6.32. The smallest absolute Gasteiger partial charge is 0.179 e. The largest absolute Gasteiger partial charge is 0.493 e. The van der Waals surface area contributed by atoms with Crippen molar-refractivity contribution in [3.63, 3.8) is 0 Å². The summed E-state index contributed by atoms with van der Waals surface area (Å²) >= 11 is 6.28. The van der Waals surface area contributed by atoms with Crippen LogP contribution in [0.2, 0.25) is 5.02 Å². The van der Waals surface area contributed by atoms with Gasteiger partial charge in [-0.1, -0.05) is 50.6 Å². The van der Waals surface area contributed by atoms with Gasteiger partial charge in [-0.2, -0.15) is 0 Å². The molecule has 4 heteroatoms. The van der Waals surface area contributed by atoms with E-state index in [1.807, 2.05) is 19.2 Å². The molecule has 0 saturated carbocycles. The van der Waals surface area contributed by atoms with Crippen LogP contribution in [0.1, 0.15) is 57.1 Å². The van der Waals surface area contributed by atoms with Crippen LogP contribution in [0.4, 0.5) is 0 Å². The molecule has 1 atom stereocenters. The summed E-state index contributed by atoms with van der Waals surface area (Å²) in [5.74, 6) is 1.28. The molecule has 120 valence electrons. The number of halogens is 1. The third-order valence-electron chi connectivity index (χ3n) is 3.80. The zero-order valence-electron chi connectivity index (χ0n) is 13.7. The molecule has 0 bridgehead atoms. The van der Waals surface area contributed by atoms with E-state index in [2.05, 4.69) is 12.2 Å². The van der Waals surface area contributed by atoms with Crippen LogP contribution < -0.4 is 14.8 Å². The molecule has 0 radical (unpaired) electrons. The van der Waals surface area contributed by atoms with E-state index in [-0.39, 0.29) is 0 Å². The monoisotopic (exact) mass is 313 g/mol. The van der Waals surface area contributed by atoms with Gasteiger partial charge >= 0.3 is 0 Å². The van der Waals surface area contributed by atoms with Gasteiger partial charge in [-0.05, 0) is 31.2 Å². The number of nitrogens with one attached hydrogen (secondary N) is 1. The Kier molecular flexibility index (Phi) is 8.55. The molecule has 1 aromatic rings. The number of rotatable bonds is 10. The highest BCUT2D eigenvalue weighted by Crippen LogP contribution is 2.38. The first-order valence-electron chi connectivity index (χ1n) is 7.76. The molecule has 3 nitrogen and oxygen atoms in total. The number of hydrogen-bond acceptors (Lipinski definition) is 3. The molecule has 0 aliphatic rings. The van der Waals surface area contributed by atoms with Gasteiger partial charge in [0, 0.05) is 6.04 Å². The third-order valence-corrected chi connectivity index (χ3v) is 4.08. The lowest BCUT2D eigenvalue weighted by atomic mass is 9.99. The molecule has 1 aromatic carbocycles. The van der Waals surface area contributed by atoms with Crippen molar-refractivity contribution in [2.24, 2.45) is 0 Å². The third kappa shape index (κ3) is 5.40. The Morgan fingerprint density at radius 3 is 2.38 bits per heavy atom. The van der Waals surface area contributed by atoms with Crippen LogP contribution in [0.25, 0.3) is 0 Å². The fourth-order valence-corrected chi connectivity index (χ4v) is 2.87. The predicted octanol–water partition coefficient (Wildman–Crippen LogP) is 4.98. The Bertz CT molecular complexity index is 423. The Hall–Kier alpha value is -0.930. The first-order chi connectivity index (χ1) is 10.2. The maximum Gasteiger partial charge on any atom is 0.179 e. The lowest BCUT2D eigenvalue weighted by molar-refractivity contribution is 0.354. The number of unbranched alkanes of at least 4 members (excludes halogenated alkanes) is 4. The van der Waals surface area contributed by atoms with Gasteiger partial charge in [-0.15, -0.1) is 0 Å². The van der Waals surface area contributed by atoms with E-state index < -0.39 is 0 Å². The lowest BCUT2D eigenvalue weighted by Crippen LogP contribution is -2.16. The zero-order valence-corrected chi connectivity index (χ0v) is 14.4. The minimum Gasteiger partial charge on any atom is -0.493 e. The summed E-state index contributed by atoms with van der Waals surface area (Å²) in [6, 6.07) is 4.28. The molecule has 0 aliphatic heterocycles. The van der Waals surface area contributed by atoms with Crippen molar-refractivity contribution in [3.8, 4) is 11.5 Å². The van der Waals surface area contributed by atoms with Crippen LogP contribution >= 0.6 is 11.6 Å². The maximum atomic E-state index is 6.28. The number of methoxy groups -OCH3 is 2. The van der Waals surface area contributed by atoms with Gasteiger partial charge in [0.25, 0.3) is 0 Å². The Balaban J connectivity index is 2.74. The van der Waals surface area contributed by atoms with E-state index in [0.29, 0.717) is 22.6 Å². The fraction of sp³-hybridized carbons (Fsp3) is 0.647. The fourth-order valence-electron chi connectivity index (χ4n) is 2.57. The van der Waals surface area contributed by atoms with Gasteiger partial charge in [0.05, 0.1) is 19.2 Å². The molecule has 1 N–H and O–H groups in total. The average molecular weight is 314 g/mol. The highest BCUT2D eigenvalue weighted by Gasteiger charge is 2.16. The summed E-state index contributed by atoms with van der Waals surface area (Å²) in [4.78, 5) is 0. The van der Waals surface area contributed by atoms with Crippen molar-refractivity contribution in [2.45, 2.75) is 51.5 Å². The van der Waals surface area contributed by atoms with Gasteiger partial charge in [-0.3, -0.25) is 0 Å². The minimum atomic E-state index is 0.295. The van der Waals surface area contributed by atoms with E-state index >= 15 is 0 Å². The molecule has 0 fully saturated rings. The minimum absolute atomic E-state index is 0.295. The van der Waals surface area contributed by atoms with Crippen molar-refractivity contribution in [2.75, 3.05) is 21.3 Å². The lowest BCUT2D eigenvalue weighted by Gasteiger charge is -2.19. The molecule has 0 aliphatic carbocycles. The van der Waals surface area contributed by atoms with E-state index in [4.69, 9.17) is 21.1 Å². The highest BCUT2D eigenvalue weighted by atomic mass is 35.5. The second-order valence-corrected chi connectivity index (χ2v) is 5.69. The maximum absolute atomic E-state index is 6.28. The van der Waals surface area contributed by atoms with Gasteiger partial charge < -0.3 is 14.8 Å². The van der Waals surface area contributed by atoms with Crippen LogP contribution in [0.15, 0.2) is 12.1 Å². The SMILES string of the molecule is CCCCCCCC(NC)c1cc(Cl)c(OC)c(OC)c1. The molecule has 0 spiro atoms. The van der Waals surface area contributed by atoms with Crippen LogP contribution in [0.3, 0.4) is 0 Å². The summed E-state index contributed by atoms with van der Waals surface area (Å²) in [6.45, 7) is 2.24. The summed E-state index contributed by atoms with van der Waals surface area (Å²) in [5, 5.41) is 3.97. The standard InChI is InChI=1S/C17H28ClNO2/c1-5-6-7-8-9-10-15(19-2)13-11-14(18)17(21-4)16(12-13)20-3/h11-12,15,19H,5-10H2,1-4H3. The van der Waals surface area contributed by atoms with Crippen molar-refractivity contribution >= 4 is 11.6 Å². The summed E-state index contributed by atoms with van der Waals surface area (Å²) < 4.78 is 10.7. The zero-order chi connectivity index (χ0) is 15.7. The van der Waals surface area contributed by atoms with Crippen molar-refractivity contribution in [1.82, 2.24) is 5.32 Å². The second-order valence-electron chi connectivity index (χ2n) is 5.28. The van der Waals surface area contributed by atoms with Crippen LogP contribution in [0.5, 0.6) is 11.5 Å². The first-order valence-corrected chi connectivity index (χ1v) is 8.14. The quantitative estimate of drug-likeness (QED) is 0.618. The first kappa shape index (κ1) is 18.1. The van der Waals surface area contributed by atoms with Crippen LogP contribution in [0, 0.1) is 0 Å². The van der Waals surface area contributed by atoms with Crippen molar-refractivity contribution in [1.29, 1.82) is 0 Å². The van der Waals surface area contributed by atoms with E-state index in [1.165, 1.54) is 32.1 Å². The Morgan fingerprint density at radius 2 is 1.81 bits per heavy atom. The van der Waals surface area contributed by atoms with Gasteiger partial charge in [0.15, 0.2) is 11.5 Å². The molecule has 21 heavy (non-hydrogen) atoms. The van der Waals surface area contributed by atoms with Crippen molar-refractivity contribution < 1.29 is 9.47 Å². The van der Waals surface area contributed by atoms with Crippen LogP contribution in [-0.4, -0.2) is 21.3 Å². The second kappa shape index (κ2) is 9.91.